The maximum Gasteiger partial charge on any atom is 0.338 e. The first-order chi connectivity index (χ1) is 14.9. The largest absolute Gasteiger partial charge is 0.493 e. The van der Waals surface area contributed by atoms with E-state index < -0.39 is 11.9 Å². The molecule has 0 aliphatic carbocycles. The van der Waals surface area contributed by atoms with Crippen LogP contribution in [-0.4, -0.2) is 32.2 Å². The van der Waals surface area contributed by atoms with Gasteiger partial charge in [-0.2, -0.15) is 5.26 Å². The zero-order valence-corrected chi connectivity index (χ0v) is 19.1. The summed E-state index contributed by atoms with van der Waals surface area (Å²) in [6, 6.07) is 11.6. The van der Waals surface area contributed by atoms with Gasteiger partial charge in [0, 0.05) is 5.69 Å². The van der Waals surface area contributed by atoms with E-state index in [2.05, 4.69) is 21.2 Å². The van der Waals surface area contributed by atoms with Crippen LogP contribution in [0.5, 0.6) is 11.5 Å². The Bertz CT molecular complexity index is 1010. The lowest BCUT2D eigenvalue weighted by atomic mass is 10.1. The van der Waals surface area contributed by atoms with Gasteiger partial charge in [-0.3, -0.25) is 4.79 Å². The molecule has 0 aromatic heterocycles. The number of hydrogen-bond donors (Lipinski definition) is 1. The maximum atomic E-state index is 12.6. The molecule has 2 aromatic rings. The predicted molar refractivity (Wildman–Crippen MR) is 121 cm³/mol. The summed E-state index contributed by atoms with van der Waals surface area (Å²) in [5.74, 6) is 0.0316. The van der Waals surface area contributed by atoms with Crippen molar-refractivity contribution < 1.29 is 23.8 Å². The maximum absolute atomic E-state index is 12.6. The van der Waals surface area contributed by atoms with Gasteiger partial charge in [-0.25, -0.2) is 4.79 Å². The smallest absolute Gasteiger partial charge is 0.338 e. The first-order valence-corrected chi connectivity index (χ1v) is 10.4. The van der Waals surface area contributed by atoms with Crippen molar-refractivity contribution in [3.05, 3.63) is 57.6 Å². The molecule has 0 radical (unpaired) electrons. The van der Waals surface area contributed by atoms with Crippen LogP contribution in [0.1, 0.15) is 36.2 Å². The van der Waals surface area contributed by atoms with E-state index in [1.807, 2.05) is 13.0 Å². The first kappa shape index (κ1) is 24.0. The van der Waals surface area contributed by atoms with Crippen LogP contribution < -0.4 is 14.8 Å². The first-order valence-electron chi connectivity index (χ1n) is 9.64. The Morgan fingerprint density at radius 2 is 1.90 bits per heavy atom. The zero-order chi connectivity index (χ0) is 22.8. The van der Waals surface area contributed by atoms with Crippen molar-refractivity contribution in [1.29, 1.82) is 5.26 Å². The average molecular weight is 487 g/mol. The lowest BCUT2D eigenvalue weighted by Crippen LogP contribution is -2.13. The number of halogens is 1. The summed E-state index contributed by atoms with van der Waals surface area (Å²) in [7, 11) is 1.52. The van der Waals surface area contributed by atoms with E-state index in [0.29, 0.717) is 39.4 Å². The number of amides is 1. The highest BCUT2D eigenvalue weighted by Crippen LogP contribution is 2.37. The molecule has 0 heterocycles. The van der Waals surface area contributed by atoms with Crippen molar-refractivity contribution in [2.45, 2.75) is 20.3 Å². The SMILES string of the molecule is CCCOc1c(Br)cc(/C=C(\C#N)C(=O)Nc2ccc(C(=O)OCC)cc2)cc1OC. The minimum atomic E-state index is -0.576. The second-order valence-corrected chi connectivity index (χ2v) is 7.16. The Morgan fingerprint density at radius 3 is 2.48 bits per heavy atom. The topological polar surface area (TPSA) is 97.7 Å². The van der Waals surface area contributed by atoms with E-state index >= 15 is 0 Å². The second-order valence-electron chi connectivity index (χ2n) is 6.30. The van der Waals surface area contributed by atoms with Gasteiger partial charge < -0.3 is 19.5 Å². The van der Waals surface area contributed by atoms with Crippen LogP contribution in [0.15, 0.2) is 46.4 Å². The van der Waals surface area contributed by atoms with E-state index in [0.717, 1.165) is 6.42 Å². The van der Waals surface area contributed by atoms with Gasteiger partial charge in [0.05, 0.1) is 30.4 Å². The lowest BCUT2D eigenvalue weighted by Gasteiger charge is -2.13. The van der Waals surface area contributed by atoms with Gasteiger partial charge in [0.25, 0.3) is 5.91 Å². The van der Waals surface area contributed by atoms with Crippen LogP contribution in [0.4, 0.5) is 5.69 Å². The van der Waals surface area contributed by atoms with Crippen LogP contribution in [0, 0.1) is 11.3 Å². The molecule has 0 spiro atoms. The number of carbonyl (C=O) groups excluding carboxylic acids is 2. The van der Waals surface area contributed by atoms with Crippen molar-refractivity contribution in [2.24, 2.45) is 0 Å². The zero-order valence-electron chi connectivity index (χ0n) is 17.5. The molecule has 0 saturated carbocycles. The summed E-state index contributed by atoms with van der Waals surface area (Å²) >= 11 is 3.45. The third kappa shape index (κ3) is 6.59. The van der Waals surface area contributed by atoms with Crippen LogP contribution in [-0.2, 0) is 9.53 Å². The van der Waals surface area contributed by atoms with Crippen molar-refractivity contribution >= 4 is 39.6 Å². The Kier molecular flexibility index (Phi) is 9.10. The molecule has 8 heteroatoms. The van der Waals surface area contributed by atoms with Crippen LogP contribution in [0.3, 0.4) is 0 Å². The molecule has 0 aliphatic rings. The molecular weight excluding hydrogens is 464 g/mol. The Morgan fingerprint density at radius 1 is 1.19 bits per heavy atom. The van der Waals surface area contributed by atoms with Gasteiger partial charge in [-0.15, -0.1) is 0 Å². The third-order valence-corrected chi connectivity index (χ3v) is 4.62. The molecule has 0 fully saturated rings. The van der Waals surface area contributed by atoms with Gasteiger partial charge in [0.1, 0.15) is 11.6 Å². The molecule has 31 heavy (non-hydrogen) atoms. The molecule has 0 atom stereocenters. The van der Waals surface area contributed by atoms with Gasteiger partial charge in [0.15, 0.2) is 11.5 Å². The quantitative estimate of drug-likeness (QED) is 0.305. The summed E-state index contributed by atoms with van der Waals surface area (Å²) in [5, 5.41) is 12.1. The van der Waals surface area contributed by atoms with Crippen LogP contribution in [0.25, 0.3) is 6.08 Å². The van der Waals surface area contributed by atoms with Crippen molar-refractivity contribution in [3.63, 3.8) is 0 Å². The number of nitriles is 1. The monoisotopic (exact) mass is 486 g/mol. The minimum absolute atomic E-state index is 0.0920. The Labute approximate surface area is 189 Å². The normalized spacial score (nSPS) is 10.7. The minimum Gasteiger partial charge on any atom is -0.493 e. The number of benzene rings is 2. The van der Waals surface area contributed by atoms with E-state index in [1.165, 1.54) is 13.2 Å². The average Bonchev–Trinajstić information content (AvgIpc) is 2.76. The number of hydrogen-bond acceptors (Lipinski definition) is 6. The van der Waals surface area contributed by atoms with Gasteiger partial charge in [0.2, 0.25) is 0 Å². The Balaban J connectivity index is 2.21. The molecule has 2 aromatic carbocycles. The summed E-state index contributed by atoms with van der Waals surface area (Å²) in [6.07, 6.45) is 2.30. The van der Waals surface area contributed by atoms with E-state index in [4.69, 9.17) is 14.2 Å². The number of anilines is 1. The number of nitrogens with one attached hydrogen (secondary N) is 1. The number of esters is 1. The lowest BCUT2D eigenvalue weighted by molar-refractivity contribution is -0.112. The fourth-order valence-corrected chi connectivity index (χ4v) is 3.16. The predicted octanol–water partition coefficient (Wildman–Crippen LogP) is 4.97. The molecule has 1 amide bonds. The summed E-state index contributed by atoms with van der Waals surface area (Å²) < 4.78 is 16.6. The fraction of sp³-hybridized carbons (Fsp3) is 0.261. The molecule has 0 aliphatic heterocycles. The number of ether oxygens (including phenoxy) is 3. The van der Waals surface area contributed by atoms with Crippen LogP contribution >= 0.6 is 15.9 Å². The number of rotatable bonds is 9. The summed E-state index contributed by atoms with van der Waals surface area (Å²) in [6.45, 7) is 4.53. The Hall–Kier alpha value is -3.31. The van der Waals surface area contributed by atoms with Crippen LogP contribution in [0.2, 0.25) is 0 Å². The summed E-state index contributed by atoms with van der Waals surface area (Å²) in [4.78, 5) is 24.3. The molecule has 1 N–H and O–H groups in total. The highest BCUT2D eigenvalue weighted by Gasteiger charge is 2.14. The van der Waals surface area contributed by atoms with E-state index in [9.17, 15) is 14.9 Å². The highest BCUT2D eigenvalue weighted by atomic mass is 79.9. The van der Waals surface area contributed by atoms with Crippen molar-refractivity contribution in [1.82, 2.24) is 0 Å². The van der Waals surface area contributed by atoms with E-state index in [1.54, 1.807) is 43.3 Å². The van der Waals surface area contributed by atoms with Gasteiger partial charge >= 0.3 is 5.97 Å². The molecule has 0 unspecified atom stereocenters. The fourth-order valence-electron chi connectivity index (χ4n) is 2.59. The molecule has 2 rings (SSSR count). The molecule has 0 bridgehead atoms. The van der Waals surface area contributed by atoms with Crippen molar-refractivity contribution in [3.8, 4) is 17.6 Å². The molecular formula is C23H23BrN2O5. The van der Waals surface area contributed by atoms with Crippen molar-refractivity contribution in [2.75, 3.05) is 25.6 Å². The van der Waals surface area contributed by atoms with Gasteiger partial charge in [-0.1, -0.05) is 6.92 Å². The molecule has 7 nitrogen and oxygen atoms in total. The van der Waals surface area contributed by atoms with E-state index in [-0.39, 0.29) is 12.2 Å². The number of methoxy groups -OCH3 is 1. The number of nitrogens with zero attached hydrogens (tertiary/aromatic N) is 1. The second kappa shape index (κ2) is 11.8. The van der Waals surface area contributed by atoms with Gasteiger partial charge in [-0.05, 0) is 77.3 Å². The summed E-state index contributed by atoms with van der Waals surface area (Å²) in [5.41, 5.74) is 1.32. The standard InChI is InChI=1S/C23H23BrN2O5/c1-4-10-31-21-19(24)12-15(13-20(21)29-3)11-17(14-25)22(27)26-18-8-6-16(7-9-18)23(28)30-5-2/h6-9,11-13H,4-5,10H2,1-3H3,(H,26,27)/b17-11+. The highest BCUT2D eigenvalue weighted by molar-refractivity contribution is 9.10. The molecule has 162 valence electrons. The number of carbonyl (C=O) groups is 2. The molecule has 0 saturated heterocycles. The third-order valence-electron chi connectivity index (χ3n) is 4.03.